The lowest BCUT2D eigenvalue weighted by atomic mass is 10.1. The quantitative estimate of drug-likeness (QED) is 0.697. The molecule has 2 rings (SSSR count). The van der Waals surface area contributed by atoms with Crippen molar-refractivity contribution in [1.82, 2.24) is 9.80 Å². The van der Waals surface area contributed by atoms with Crippen molar-refractivity contribution in [3.8, 4) is 0 Å². The Hall–Kier alpha value is -1.88. The second-order valence-electron chi connectivity index (χ2n) is 7.44. The van der Waals surface area contributed by atoms with Crippen LogP contribution in [0, 0.1) is 13.8 Å². The highest BCUT2D eigenvalue weighted by Gasteiger charge is 2.30. The molecular weight excluding hydrogens is 326 g/mol. The fourth-order valence-corrected chi connectivity index (χ4v) is 3.16. The first-order valence-corrected chi connectivity index (χ1v) is 9.76. The zero-order chi connectivity index (χ0) is 19.1. The van der Waals surface area contributed by atoms with Gasteiger partial charge in [-0.25, -0.2) is 0 Å². The van der Waals surface area contributed by atoms with Crippen LogP contribution in [0.4, 0.5) is 5.69 Å². The van der Waals surface area contributed by atoms with Crippen molar-refractivity contribution < 1.29 is 9.59 Å². The third-order valence-electron chi connectivity index (χ3n) is 5.04. The minimum absolute atomic E-state index is 0.00101. The van der Waals surface area contributed by atoms with Gasteiger partial charge in [0.15, 0.2) is 0 Å². The Kier molecular flexibility index (Phi) is 7.64. The Balaban J connectivity index is 1.86. The summed E-state index contributed by atoms with van der Waals surface area (Å²) in [5, 5.41) is 3.05. The van der Waals surface area contributed by atoms with Gasteiger partial charge in [0.2, 0.25) is 11.8 Å². The summed E-state index contributed by atoms with van der Waals surface area (Å²) in [5.41, 5.74) is 3.05. The molecule has 1 aromatic carbocycles. The number of hydrogen-bond acceptors (Lipinski definition) is 3. The largest absolute Gasteiger partial charge is 0.346 e. The maximum absolute atomic E-state index is 12.5. The van der Waals surface area contributed by atoms with Gasteiger partial charge in [-0.1, -0.05) is 31.5 Å². The summed E-state index contributed by atoms with van der Waals surface area (Å²) in [6, 6.07) is 6.46. The van der Waals surface area contributed by atoms with Gasteiger partial charge in [-0.15, -0.1) is 0 Å². The molecule has 0 saturated heterocycles. The summed E-state index contributed by atoms with van der Waals surface area (Å²) in [6.45, 7) is 7.95. The van der Waals surface area contributed by atoms with Crippen LogP contribution in [0.5, 0.6) is 0 Å². The predicted octanol–water partition coefficient (Wildman–Crippen LogP) is 3.35. The fourth-order valence-electron chi connectivity index (χ4n) is 3.16. The minimum atomic E-state index is 0.00101. The second kappa shape index (κ2) is 9.72. The molecule has 1 saturated carbocycles. The highest BCUT2D eigenvalue weighted by molar-refractivity contribution is 5.93. The molecule has 1 aliphatic carbocycles. The summed E-state index contributed by atoms with van der Waals surface area (Å²) in [7, 11) is 1.87. The highest BCUT2D eigenvalue weighted by Crippen LogP contribution is 2.27. The monoisotopic (exact) mass is 359 g/mol. The van der Waals surface area contributed by atoms with Crippen molar-refractivity contribution in [2.75, 3.05) is 32.0 Å². The number of unbranched alkanes of at least 4 members (excludes halogenated alkanes) is 1. The molecule has 0 heterocycles. The van der Waals surface area contributed by atoms with Crippen LogP contribution in [0.3, 0.4) is 0 Å². The van der Waals surface area contributed by atoms with Gasteiger partial charge in [0, 0.05) is 38.3 Å². The number of para-hydroxylation sites is 1. The van der Waals surface area contributed by atoms with Crippen molar-refractivity contribution in [1.29, 1.82) is 0 Å². The van der Waals surface area contributed by atoms with E-state index in [9.17, 15) is 9.59 Å². The van der Waals surface area contributed by atoms with Gasteiger partial charge in [-0.2, -0.15) is 0 Å². The van der Waals surface area contributed by atoms with Crippen molar-refractivity contribution in [3.63, 3.8) is 0 Å². The van der Waals surface area contributed by atoms with Crippen LogP contribution in [0.2, 0.25) is 0 Å². The number of nitrogens with one attached hydrogen (secondary N) is 1. The minimum Gasteiger partial charge on any atom is -0.346 e. The van der Waals surface area contributed by atoms with E-state index in [1.54, 1.807) is 0 Å². The molecule has 1 N–H and O–H groups in total. The van der Waals surface area contributed by atoms with Crippen LogP contribution in [0.25, 0.3) is 0 Å². The molecular formula is C21H33N3O2. The Morgan fingerprint density at radius 3 is 2.38 bits per heavy atom. The Morgan fingerprint density at radius 1 is 1.15 bits per heavy atom. The molecule has 144 valence electrons. The van der Waals surface area contributed by atoms with Crippen molar-refractivity contribution in [2.45, 2.75) is 58.9 Å². The summed E-state index contributed by atoms with van der Waals surface area (Å²) in [6.07, 6.45) is 4.84. The predicted molar refractivity (Wildman–Crippen MR) is 106 cm³/mol. The molecule has 0 radical (unpaired) electrons. The molecule has 1 aromatic rings. The van der Waals surface area contributed by atoms with Crippen LogP contribution in [0.1, 0.15) is 50.2 Å². The van der Waals surface area contributed by atoms with Crippen LogP contribution in [-0.2, 0) is 9.59 Å². The normalized spacial score (nSPS) is 13.7. The van der Waals surface area contributed by atoms with E-state index in [0.717, 1.165) is 49.0 Å². The Bertz CT molecular complexity index is 605. The van der Waals surface area contributed by atoms with Gasteiger partial charge in [-0.05, 0) is 44.2 Å². The van der Waals surface area contributed by atoms with Crippen molar-refractivity contribution in [2.24, 2.45) is 0 Å². The maximum atomic E-state index is 12.5. The van der Waals surface area contributed by atoms with E-state index >= 15 is 0 Å². The zero-order valence-electron chi connectivity index (χ0n) is 16.7. The molecule has 2 amide bonds. The van der Waals surface area contributed by atoms with Crippen LogP contribution in [0.15, 0.2) is 18.2 Å². The number of carbonyl (C=O) groups excluding carboxylic acids is 2. The molecule has 0 atom stereocenters. The standard InChI is InChI=1S/C21H33N3O2/c1-5-6-13-23(4)20(26)12-14-24(18-10-11-18)15-19(25)22-21-16(2)8-7-9-17(21)3/h7-9,18H,5-6,10-15H2,1-4H3,(H,22,25). The summed E-state index contributed by atoms with van der Waals surface area (Å²) in [5.74, 6) is 0.167. The molecule has 0 aromatic heterocycles. The first kappa shape index (κ1) is 20.4. The molecule has 1 aliphatic rings. The first-order valence-electron chi connectivity index (χ1n) is 9.76. The number of amides is 2. The number of rotatable bonds is 10. The first-order chi connectivity index (χ1) is 12.4. The summed E-state index contributed by atoms with van der Waals surface area (Å²) >= 11 is 0. The fraction of sp³-hybridized carbons (Fsp3) is 0.619. The van der Waals surface area contributed by atoms with E-state index in [4.69, 9.17) is 0 Å². The molecule has 0 spiro atoms. The van der Waals surface area contributed by atoms with E-state index in [1.165, 1.54) is 0 Å². The molecule has 26 heavy (non-hydrogen) atoms. The summed E-state index contributed by atoms with van der Waals surface area (Å²) < 4.78 is 0. The number of benzene rings is 1. The van der Waals surface area contributed by atoms with Gasteiger partial charge < -0.3 is 10.2 Å². The van der Waals surface area contributed by atoms with E-state index in [1.807, 2.05) is 44.0 Å². The summed E-state index contributed by atoms with van der Waals surface area (Å²) in [4.78, 5) is 28.8. The molecule has 0 bridgehead atoms. The Morgan fingerprint density at radius 2 is 1.81 bits per heavy atom. The van der Waals surface area contributed by atoms with E-state index in [0.29, 0.717) is 25.6 Å². The van der Waals surface area contributed by atoms with Crippen molar-refractivity contribution in [3.05, 3.63) is 29.3 Å². The smallest absolute Gasteiger partial charge is 0.238 e. The molecule has 0 unspecified atom stereocenters. The molecule has 1 fully saturated rings. The van der Waals surface area contributed by atoms with Crippen LogP contribution < -0.4 is 5.32 Å². The van der Waals surface area contributed by atoms with Gasteiger partial charge in [0.05, 0.1) is 6.54 Å². The number of hydrogen-bond donors (Lipinski definition) is 1. The van der Waals surface area contributed by atoms with Crippen molar-refractivity contribution >= 4 is 17.5 Å². The number of aryl methyl sites for hydroxylation is 2. The van der Waals surface area contributed by atoms with E-state index < -0.39 is 0 Å². The molecule has 5 nitrogen and oxygen atoms in total. The number of anilines is 1. The van der Waals surface area contributed by atoms with Gasteiger partial charge in [0.1, 0.15) is 0 Å². The topological polar surface area (TPSA) is 52.7 Å². The van der Waals surface area contributed by atoms with Crippen LogP contribution >= 0.6 is 0 Å². The lowest BCUT2D eigenvalue weighted by Gasteiger charge is -2.23. The van der Waals surface area contributed by atoms with Gasteiger partial charge in [0.25, 0.3) is 0 Å². The molecule has 0 aliphatic heterocycles. The number of nitrogens with zero attached hydrogens (tertiary/aromatic N) is 2. The highest BCUT2D eigenvalue weighted by atomic mass is 16.2. The SMILES string of the molecule is CCCCN(C)C(=O)CCN(CC(=O)Nc1c(C)cccc1C)C1CC1. The third-order valence-corrected chi connectivity index (χ3v) is 5.04. The van der Waals surface area contributed by atoms with Crippen LogP contribution in [-0.4, -0.2) is 54.3 Å². The lowest BCUT2D eigenvalue weighted by molar-refractivity contribution is -0.130. The maximum Gasteiger partial charge on any atom is 0.238 e. The second-order valence-corrected chi connectivity index (χ2v) is 7.44. The molecule has 5 heteroatoms. The average Bonchev–Trinajstić information content (AvgIpc) is 3.44. The van der Waals surface area contributed by atoms with Gasteiger partial charge >= 0.3 is 0 Å². The van der Waals surface area contributed by atoms with E-state index in [-0.39, 0.29) is 11.8 Å². The zero-order valence-corrected chi connectivity index (χ0v) is 16.7. The van der Waals surface area contributed by atoms with Gasteiger partial charge in [-0.3, -0.25) is 14.5 Å². The Labute approximate surface area is 157 Å². The average molecular weight is 360 g/mol. The number of carbonyl (C=O) groups is 2. The lowest BCUT2D eigenvalue weighted by Crippen LogP contribution is -2.38. The van der Waals surface area contributed by atoms with E-state index in [2.05, 4.69) is 17.1 Å². The third kappa shape index (κ3) is 6.13.